The van der Waals surface area contributed by atoms with Crippen molar-refractivity contribution in [1.82, 2.24) is 0 Å². The lowest BCUT2D eigenvalue weighted by atomic mass is 9.60. The third-order valence-corrected chi connectivity index (χ3v) is 9.47. The second kappa shape index (κ2) is 11.4. The minimum atomic E-state index is -0.739. The topological polar surface area (TPSA) is 80.9 Å². The number of aliphatic hydroxyl groups is 4. The number of allylic oxidation sites excluding steroid dienone is 3. The monoisotopic (exact) mass is 474 g/mol. The van der Waals surface area contributed by atoms with Crippen LogP contribution in [0, 0.1) is 29.1 Å². The number of aliphatic hydroxyl groups excluding tert-OH is 3. The molecule has 3 aliphatic carbocycles. The second-order valence-corrected chi connectivity index (χ2v) is 12.5. The lowest BCUT2D eigenvalue weighted by Gasteiger charge is -2.44. The zero-order valence-corrected chi connectivity index (χ0v) is 22.1. The summed E-state index contributed by atoms with van der Waals surface area (Å²) in [4.78, 5) is 0. The molecule has 7 atom stereocenters. The van der Waals surface area contributed by atoms with Crippen LogP contribution in [-0.2, 0) is 0 Å². The first-order chi connectivity index (χ1) is 16.0. The van der Waals surface area contributed by atoms with E-state index in [9.17, 15) is 15.3 Å². The molecule has 0 aliphatic heterocycles. The minimum absolute atomic E-state index is 0.0798. The molecule has 0 aromatic carbocycles. The normalized spacial score (nSPS) is 37.9. The molecule has 0 bridgehead atoms. The summed E-state index contributed by atoms with van der Waals surface area (Å²) in [6, 6.07) is 0. The van der Waals surface area contributed by atoms with E-state index in [4.69, 9.17) is 5.11 Å². The second-order valence-electron chi connectivity index (χ2n) is 12.5. The minimum Gasteiger partial charge on any atom is -0.396 e. The van der Waals surface area contributed by atoms with Gasteiger partial charge in [0.25, 0.3) is 0 Å². The molecule has 0 heterocycles. The van der Waals surface area contributed by atoms with Crippen LogP contribution < -0.4 is 0 Å². The van der Waals surface area contributed by atoms with E-state index in [0.717, 1.165) is 36.3 Å². The summed E-state index contributed by atoms with van der Waals surface area (Å²) in [5.74, 6) is 1.78. The molecule has 0 radical (unpaired) electrons. The summed E-state index contributed by atoms with van der Waals surface area (Å²) in [5.41, 5.74) is 3.00. The van der Waals surface area contributed by atoms with Crippen LogP contribution in [0.4, 0.5) is 0 Å². The first kappa shape index (κ1) is 27.6. The van der Waals surface area contributed by atoms with E-state index in [1.807, 2.05) is 13.8 Å². The van der Waals surface area contributed by atoms with Crippen LogP contribution in [0.3, 0.4) is 0 Å². The van der Waals surface area contributed by atoms with E-state index in [0.29, 0.717) is 36.5 Å². The smallest absolute Gasteiger partial charge is 0.0839 e. The molecular weight excluding hydrogens is 424 g/mol. The fourth-order valence-corrected chi connectivity index (χ4v) is 7.50. The van der Waals surface area contributed by atoms with Gasteiger partial charge in [-0.2, -0.15) is 0 Å². The van der Waals surface area contributed by atoms with Gasteiger partial charge in [0.15, 0.2) is 0 Å². The fraction of sp³-hybridized carbons (Fsp3) is 0.800. The Hall–Kier alpha value is -0.940. The van der Waals surface area contributed by atoms with Crippen LogP contribution >= 0.6 is 0 Å². The summed E-state index contributed by atoms with van der Waals surface area (Å²) < 4.78 is 0. The van der Waals surface area contributed by atoms with Crippen molar-refractivity contribution < 1.29 is 20.4 Å². The van der Waals surface area contributed by atoms with Crippen LogP contribution in [0.1, 0.15) is 98.3 Å². The number of hydrogen-bond donors (Lipinski definition) is 4. The van der Waals surface area contributed by atoms with Gasteiger partial charge in [-0.05, 0) is 106 Å². The average Bonchev–Trinajstić information content (AvgIpc) is 3.12. The molecule has 0 aromatic heterocycles. The predicted octanol–water partition coefficient (Wildman–Crippen LogP) is 5.70. The van der Waals surface area contributed by atoms with Gasteiger partial charge in [-0.25, -0.2) is 0 Å². The van der Waals surface area contributed by atoms with Crippen molar-refractivity contribution in [2.45, 2.75) is 116 Å². The van der Waals surface area contributed by atoms with Crippen molar-refractivity contribution in [3.8, 4) is 0 Å². The van der Waals surface area contributed by atoms with E-state index < -0.39 is 17.8 Å². The molecule has 4 nitrogen and oxygen atoms in total. The van der Waals surface area contributed by atoms with Gasteiger partial charge >= 0.3 is 0 Å². The molecule has 4 N–H and O–H groups in total. The fourth-order valence-electron chi connectivity index (χ4n) is 7.50. The molecular formula is C30H50O4. The Morgan fingerprint density at radius 1 is 1.18 bits per heavy atom. The summed E-state index contributed by atoms with van der Waals surface area (Å²) in [6.45, 7) is 13.0. The summed E-state index contributed by atoms with van der Waals surface area (Å²) in [5, 5.41) is 40.6. The largest absolute Gasteiger partial charge is 0.396 e. The molecule has 34 heavy (non-hydrogen) atoms. The Labute approximate surface area is 207 Å². The molecule has 3 aliphatic rings. The summed E-state index contributed by atoms with van der Waals surface area (Å²) in [6.07, 6.45) is 14.2. The molecule has 3 rings (SSSR count). The molecule has 0 unspecified atom stereocenters. The van der Waals surface area contributed by atoms with Gasteiger partial charge in [0.1, 0.15) is 0 Å². The Bertz CT molecular complexity index is 760. The molecule has 194 valence electrons. The lowest BCUT2D eigenvalue weighted by molar-refractivity contribution is 0.0112. The lowest BCUT2D eigenvalue weighted by Crippen LogP contribution is -2.38. The highest BCUT2D eigenvalue weighted by Crippen LogP contribution is 2.60. The van der Waals surface area contributed by atoms with Gasteiger partial charge in [0, 0.05) is 12.5 Å². The summed E-state index contributed by atoms with van der Waals surface area (Å²) >= 11 is 0. The van der Waals surface area contributed by atoms with E-state index in [1.165, 1.54) is 37.7 Å². The maximum absolute atomic E-state index is 10.7. The molecule has 3 saturated carbocycles. The molecule has 4 heteroatoms. The molecule has 0 saturated heterocycles. The maximum Gasteiger partial charge on any atom is 0.0839 e. The zero-order chi connectivity index (χ0) is 25.1. The SMILES string of the molecule is C=C1/C(=C\C=C2/CCC[C@@]3(C)[C@@H]2CC[C@@H]3[C@H](C)CCCC(C)(C)O)C[C@@H](O)[C@H](CCCO)[C@@H]1O. The predicted molar refractivity (Wildman–Crippen MR) is 139 cm³/mol. The quantitative estimate of drug-likeness (QED) is 0.345. The molecule has 0 aromatic rings. The van der Waals surface area contributed by atoms with Gasteiger partial charge in [-0.1, -0.05) is 51.0 Å². The van der Waals surface area contributed by atoms with Gasteiger partial charge in [0.2, 0.25) is 0 Å². The van der Waals surface area contributed by atoms with Gasteiger partial charge in [0.05, 0.1) is 17.8 Å². The van der Waals surface area contributed by atoms with Crippen molar-refractivity contribution >= 4 is 0 Å². The van der Waals surface area contributed by atoms with Crippen LogP contribution in [0.15, 0.2) is 35.5 Å². The van der Waals surface area contributed by atoms with Crippen molar-refractivity contribution in [2.24, 2.45) is 29.1 Å². The molecule has 0 amide bonds. The van der Waals surface area contributed by atoms with Crippen LogP contribution in [0.25, 0.3) is 0 Å². The van der Waals surface area contributed by atoms with Crippen molar-refractivity contribution in [3.63, 3.8) is 0 Å². The third kappa shape index (κ3) is 6.24. The Morgan fingerprint density at radius 3 is 2.59 bits per heavy atom. The Kier molecular flexibility index (Phi) is 9.28. The van der Waals surface area contributed by atoms with E-state index >= 15 is 0 Å². The van der Waals surface area contributed by atoms with Crippen LogP contribution in [-0.4, -0.2) is 44.8 Å². The maximum atomic E-state index is 10.7. The van der Waals surface area contributed by atoms with Gasteiger partial charge < -0.3 is 20.4 Å². The van der Waals surface area contributed by atoms with E-state index in [-0.39, 0.29) is 12.5 Å². The van der Waals surface area contributed by atoms with E-state index in [1.54, 1.807) is 0 Å². The van der Waals surface area contributed by atoms with Gasteiger partial charge in [-0.3, -0.25) is 0 Å². The first-order valence-corrected chi connectivity index (χ1v) is 13.8. The highest BCUT2D eigenvalue weighted by molar-refractivity contribution is 5.39. The average molecular weight is 475 g/mol. The Morgan fingerprint density at radius 2 is 1.91 bits per heavy atom. The number of fused-ring (bicyclic) bond motifs is 1. The van der Waals surface area contributed by atoms with E-state index in [2.05, 4.69) is 32.6 Å². The van der Waals surface area contributed by atoms with Crippen molar-refractivity contribution in [2.75, 3.05) is 6.61 Å². The molecule has 0 spiro atoms. The first-order valence-electron chi connectivity index (χ1n) is 13.8. The zero-order valence-electron chi connectivity index (χ0n) is 22.1. The highest BCUT2D eigenvalue weighted by atomic mass is 16.3. The standard InChI is InChI=1S/C30H50O4/c1-20(9-6-16-29(3,4)34)25-14-15-26-22(10-7-17-30(25,26)5)12-13-23-19-27(32)24(11-8-18-31)28(33)21(23)2/h12-13,20,24-28,31-34H,2,6-11,14-19H2,1,3-5H3/b22-12+,23-13-/t20-,24+,25-,26-,27-,28-,30-/m1/s1. The number of rotatable bonds is 9. The summed E-state index contributed by atoms with van der Waals surface area (Å²) in [7, 11) is 0. The number of hydrogen-bond acceptors (Lipinski definition) is 4. The van der Waals surface area contributed by atoms with Crippen LogP contribution in [0.5, 0.6) is 0 Å². The highest BCUT2D eigenvalue weighted by Gasteiger charge is 2.50. The van der Waals surface area contributed by atoms with Crippen molar-refractivity contribution in [1.29, 1.82) is 0 Å². The Balaban J connectivity index is 1.69. The van der Waals surface area contributed by atoms with Crippen LogP contribution in [0.2, 0.25) is 0 Å². The van der Waals surface area contributed by atoms with Crippen molar-refractivity contribution in [3.05, 3.63) is 35.5 Å². The van der Waals surface area contributed by atoms with Gasteiger partial charge in [-0.15, -0.1) is 0 Å². The molecule has 3 fully saturated rings. The third-order valence-electron chi connectivity index (χ3n) is 9.47.